The lowest BCUT2D eigenvalue weighted by Gasteiger charge is -2.03. The average Bonchev–Trinajstić information content (AvgIpc) is 2.52. The van der Waals surface area contributed by atoms with Crippen LogP contribution in [0.15, 0.2) is 0 Å². The monoisotopic (exact) mass is 316 g/mol. The molecule has 1 amide bonds. The van der Waals surface area contributed by atoms with Gasteiger partial charge < -0.3 is 16.2 Å². The van der Waals surface area contributed by atoms with Crippen LogP contribution >= 0.6 is 0 Å². The smallest absolute Gasteiger partial charge is 0.404 e. The highest BCUT2D eigenvalue weighted by atomic mass is 16.5. The van der Waals surface area contributed by atoms with Gasteiger partial charge in [-0.1, -0.05) is 84.5 Å². The topological polar surface area (TPSA) is 78.3 Å². The summed E-state index contributed by atoms with van der Waals surface area (Å²) in [7, 11) is 0. The van der Waals surface area contributed by atoms with E-state index < -0.39 is 6.09 Å². The van der Waals surface area contributed by atoms with Gasteiger partial charge in [0, 0.05) is 0 Å². The molecule has 0 aromatic rings. The summed E-state index contributed by atoms with van der Waals surface area (Å²) in [6.07, 6.45) is 16.2. The first-order chi connectivity index (χ1) is 10.7. The lowest BCUT2D eigenvalue weighted by Crippen LogP contribution is -2.13. The number of carbonyl (C=O) groups is 1. The normalized spacial score (nSPS) is 9.95. The van der Waals surface area contributed by atoms with E-state index >= 15 is 0 Å². The van der Waals surface area contributed by atoms with Crippen molar-refractivity contribution < 1.29 is 9.53 Å². The molecule has 0 heterocycles. The second-order valence-corrected chi connectivity index (χ2v) is 5.85. The first-order valence-corrected chi connectivity index (χ1v) is 9.31. The molecule has 0 aliphatic rings. The number of unbranched alkanes of at least 4 members (excludes halogenated alkanes) is 11. The molecule has 4 nitrogen and oxygen atoms in total. The molecule has 0 saturated heterocycles. The van der Waals surface area contributed by atoms with Crippen LogP contribution in [0.4, 0.5) is 4.79 Å². The first-order valence-electron chi connectivity index (χ1n) is 9.31. The Kier molecular flexibility index (Phi) is 24.0. The first kappa shape index (κ1) is 23.5. The van der Waals surface area contributed by atoms with Crippen LogP contribution in [0.2, 0.25) is 0 Å². The number of carbonyl (C=O) groups excluding carboxylic acids is 1. The Morgan fingerprint density at radius 1 is 0.727 bits per heavy atom. The third kappa shape index (κ3) is 27.6. The average molecular weight is 317 g/mol. The predicted octanol–water partition coefficient (Wildman–Crippen LogP) is 5.14. The van der Waals surface area contributed by atoms with E-state index in [1.54, 1.807) is 0 Å². The van der Waals surface area contributed by atoms with Crippen molar-refractivity contribution in [3.63, 3.8) is 0 Å². The largest absolute Gasteiger partial charge is 0.450 e. The molecule has 0 aliphatic heterocycles. The number of hydrogen-bond donors (Lipinski definition) is 2. The molecule has 0 radical (unpaired) electrons. The van der Waals surface area contributed by atoms with Crippen molar-refractivity contribution in [2.75, 3.05) is 13.2 Å². The van der Waals surface area contributed by atoms with Crippen molar-refractivity contribution in [3.05, 3.63) is 0 Å². The van der Waals surface area contributed by atoms with Gasteiger partial charge in [0.05, 0.1) is 6.61 Å². The number of primary amides is 1. The molecule has 0 atom stereocenters. The number of amides is 1. The van der Waals surface area contributed by atoms with Gasteiger partial charge in [0.2, 0.25) is 0 Å². The standard InChI is InChI=1S/C15H31NO2.C3H9N/c1-2-3-4-5-6-7-8-9-10-11-12-13-14-18-15(16)17;1-2-3-4/h2-14H2,1H3,(H2,16,17);2-4H2,1H3. The van der Waals surface area contributed by atoms with E-state index in [1.165, 1.54) is 64.2 Å². The van der Waals surface area contributed by atoms with Gasteiger partial charge in [-0.3, -0.25) is 0 Å². The molecule has 134 valence electrons. The Labute approximate surface area is 138 Å². The second kappa shape index (κ2) is 22.5. The predicted molar refractivity (Wildman–Crippen MR) is 96.0 cm³/mol. The van der Waals surface area contributed by atoms with Crippen LogP contribution in [-0.2, 0) is 4.74 Å². The maximum absolute atomic E-state index is 10.3. The fourth-order valence-corrected chi connectivity index (χ4v) is 2.12. The fraction of sp³-hybridized carbons (Fsp3) is 0.944. The molecule has 0 saturated carbocycles. The Balaban J connectivity index is 0. The van der Waals surface area contributed by atoms with Crippen molar-refractivity contribution in [2.24, 2.45) is 11.5 Å². The summed E-state index contributed by atoms with van der Waals surface area (Å²) in [5, 5.41) is 0. The maximum atomic E-state index is 10.3. The quantitative estimate of drug-likeness (QED) is 0.436. The molecule has 0 spiro atoms. The van der Waals surface area contributed by atoms with Crippen molar-refractivity contribution in [1.29, 1.82) is 0 Å². The highest BCUT2D eigenvalue weighted by Gasteiger charge is 1.95. The van der Waals surface area contributed by atoms with Crippen LogP contribution in [0.3, 0.4) is 0 Å². The summed E-state index contributed by atoms with van der Waals surface area (Å²) in [6, 6.07) is 0. The van der Waals surface area contributed by atoms with Crippen molar-refractivity contribution >= 4 is 6.09 Å². The zero-order valence-electron chi connectivity index (χ0n) is 15.1. The Morgan fingerprint density at radius 3 is 1.41 bits per heavy atom. The van der Waals surface area contributed by atoms with Gasteiger partial charge in [-0.05, 0) is 19.4 Å². The Morgan fingerprint density at radius 2 is 1.09 bits per heavy atom. The fourth-order valence-electron chi connectivity index (χ4n) is 2.12. The summed E-state index contributed by atoms with van der Waals surface area (Å²) >= 11 is 0. The minimum Gasteiger partial charge on any atom is -0.450 e. The number of rotatable bonds is 14. The minimum atomic E-state index is -0.655. The van der Waals surface area contributed by atoms with Crippen LogP contribution in [-0.4, -0.2) is 19.2 Å². The number of ether oxygens (including phenoxy) is 1. The highest BCUT2D eigenvalue weighted by molar-refractivity contribution is 5.64. The lowest BCUT2D eigenvalue weighted by molar-refractivity contribution is 0.154. The number of nitrogens with two attached hydrogens (primary N) is 2. The molecular weight excluding hydrogens is 276 g/mol. The van der Waals surface area contributed by atoms with Gasteiger partial charge in [0.25, 0.3) is 0 Å². The maximum Gasteiger partial charge on any atom is 0.404 e. The van der Waals surface area contributed by atoms with E-state index in [4.69, 9.17) is 11.5 Å². The van der Waals surface area contributed by atoms with Crippen LogP contribution in [0.5, 0.6) is 0 Å². The third-order valence-electron chi connectivity index (χ3n) is 3.53. The van der Waals surface area contributed by atoms with E-state index in [0.717, 1.165) is 25.8 Å². The van der Waals surface area contributed by atoms with Gasteiger partial charge in [-0.2, -0.15) is 0 Å². The highest BCUT2D eigenvalue weighted by Crippen LogP contribution is 2.11. The van der Waals surface area contributed by atoms with Crippen LogP contribution in [0.25, 0.3) is 0 Å². The molecule has 22 heavy (non-hydrogen) atoms. The molecule has 0 bridgehead atoms. The second-order valence-electron chi connectivity index (χ2n) is 5.85. The molecule has 0 aliphatic carbocycles. The molecular formula is C18H40N2O2. The van der Waals surface area contributed by atoms with E-state index in [-0.39, 0.29) is 0 Å². The zero-order valence-corrected chi connectivity index (χ0v) is 15.1. The summed E-state index contributed by atoms with van der Waals surface area (Å²) in [5.74, 6) is 0. The van der Waals surface area contributed by atoms with Crippen LogP contribution in [0, 0.1) is 0 Å². The van der Waals surface area contributed by atoms with E-state index in [9.17, 15) is 4.79 Å². The molecule has 0 unspecified atom stereocenters. The van der Waals surface area contributed by atoms with Gasteiger partial charge in [-0.25, -0.2) is 4.79 Å². The summed E-state index contributed by atoms with van der Waals surface area (Å²) in [5.41, 5.74) is 9.90. The summed E-state index contributed by atoms with van der Waals surface area (Å²) < 4.78 is 4.67. The molecule has 4 N–H and O–H groups in total. The van der Waals surface area contributed by atoms with Gasteiger partial charge in [0.15, 0.2) is 0 Å². The van der Waals surface area contributed by atoms with Crippen LogP contribution < -0.4 is 11.5 Å². The van der Waals surface area contributed by atoms with Crippen LogP contribution in [0.1, 0.15) is 97.3 Å². The van der Waals surface area contributed by atoms with Gasteiger partial charge in [-0.15, -0.1) is 0 Å². The Hall–Kier alpha value is -0.770. The van der Waals surface area contributed by atoms with E-state index in [1.807, 2.05) is 0 Å². The third-order valence-corrected chi connectivity index (χ3v) is 3.53. The number of hydrogen-bond acceptors (Lipinski definition) is 3. The van der Waals surface area contributed by atoms with E-state index in [2.05, 4.69) is 18.6 Å². The van der Waals surface area contributed by atoms with Crippen molar-refractivity contribution in [1.82, 2.24) is 0 Å². The van der Waals surface area contributed by atoms with E-state index in [0.29, 0.717) is 6.61 Å². The van der Waals surface area contributed by atoms with Crippen molar-refractivity contribution in [2.45, 2.75) is 97.3 Å². The SMILES string of the molecule is CCCCCCCCCCCCCCOC(N)=O.CCCN. The van der Waals surface area contributed by atoms with Gasteiger partial charge >= 0.3 is 6.09 Å². The van der Waals surface area contributed by atoms with Crippen molar-refractivity contribution in [3.8, 4) is 0 Å². The minimum absolute atomic E-state index is 0.479. The lowest BCUT2D eigenvalue weighted by atomic mass is 10.1. The molecule has 0 fully saturated rings. The Bertz CT molecular complexity index is 209. The zero-order chi connectivity index (χ0) is 16.9. The summed E-state index contributed by atoms with van der Waals surface area (Å²) in [6.45, 7) is 5.61. The molecule has 4 heteroatoms. The molecule has 0 rings (SSSR count). The van der Waals surface area contributed by atoms with Gasteiger partial charge in [0.1, 0.15) is 0 Å². The summed E-state index contributed by atoms with van der Waals surface area (Å²) in [4.78, 5) is 10.3. The molecule has 0 aromatic carbocycles. The molecule has 0 aromatic heterocycles.